The fourth-order valence-electron chi connectivity index (χ4n) is 1.69. The van der Waals surface area contributed by atoms with Crippen LogP contribution in [0.5, 0.6) is 0 Å². The van der Waals surface area contributed by atoms with Crippen molar-refractivity contribution in [3.63, 3.8) is 0 Å². The van der Waals surface area contributed by atoms with E-state index in [-0.39, 0.29) is 0 Å². The highest BCUT2D eigenvalue weighted by Gasteiger charge is 2.28. The molecule has 0 atom stereocenters. The molecule has 2 aromatic rings. The zero-order valence-corrected chi connectivity index (χ0v) is 9.45. The molecule has 0 radical (unpaired) electrons. The highest BCUT2D eigenvalue weighted by molar-refractivity contribution is 6.61. The third kappa shape index (κ3) is 1.79. The van der Waals surface area contributed by atoms with Gasteiger partial charge >= 0.3 is 5.43 Å². The van der Waals surface area contributed by atoms with Gasteiger partial charge in [-0.25, -0.2) is 4.79 Å². The summed E-state index contributed by atoms with van der Waals surface area (Å²) < 4.78 is 93.8. The molecule has 0 N–H and O–H groups in total. The van der Waals surface area contributed by atoms with E-state index in [9.17, 15) is 4.79 Å². The van der Waals surface area contributed by atoms with Gasteiger partial charge in [0.1, 0.15) is 6.56 Å². The third-order valence-electron chi connectivity index (χ3n) is 2.36. The van der Waals surface area contributed by atoms with Crippen LogP contribution in [0.4, 0.5) is 4.79 Å². The fourth-order valence-corrected chi connectivity index (χ4v) is 1.73. The number of halogens is 1. The zero-order valence-electron chi connectivity index (χ0n) is 19.7. The quantitative estimate of drug-likeness (QED) is 0.765. The number of hydrogen-bond donors (Lipinski definition) is 0. The van der Waals surface area contributed by atoms with Crippen LogP contribution in [0.3, 0.4) is 0 Å². The summed E-state index contributed by atoms with van der Waals surface area (Å²) in [4.78, 5) is 11.2. The van der Waals surface area contributed by atoms with E-state index in [1.54, 1.807) is 0 Å². The van der Waals surface area contributed by atoms with Gasteiger partial charge in [-0.1, -0.05) is 48.3 Å². The van der Waals surface area contributed by atoms with E-state index in [1.807, 2.05) is 0 Å². The molecule has 0 amide bonds. The number of hydrogen-bond acceptors (Lipinski definition) is 2. The van der Waals surface area contributed by atoms with Crippen molar-refractivity contribution in [1.82, 2.24) is 0 Å². The van der Waals surface area contributed by atoms with Crippen LogP contribution in [0.15, 0.2) is 48.3 Å². The molecule has 2 nitrogen and oxygen atoms in total. The van der Waals surface area contributed by atoms with Crippen molar-refractivity contribution < 1.29 is 24.6 Å². The maximum absolute atomic E-state index is 11.2. The summed E-state index contributed by atoms with van der Waals surface area (Å²) in [5, 5.41) is 0. The summed E-state index contributed by atoms with van der Waals surface area (Å²) in [6.45, 7) is -3.34. The van der Waals surface area contributed by atoms with Crippen molar-refractivity contribution in [3.05, 3.63) is 59.5 Å². The number of ether oxygens (including phenoxy) is 1. The van der Waals surface area contributed by atoms with Crippen LogP contribution in [0.1, 0.15) is 32.1 Å². The first-order chi connectivity index (χ1) is 13.2. The van der Waals surface area contributed by atoms with Crippen LogP contribution in [-0.4, -0.2) is 12.0 Å². The topological polar surface area (TPSA) is 26.3 Å². The normalized spacial score (nSPS) is 24.2. The molecule has 0 fully saturated rings. The van der Waals surface area contributed by atoms with Crippen molar-refractivity contribution in [2.45, 2.75) is 5.89 Å². The molecule has 0 spiro atoms. The Bertz CT molecular complexity index is 1030. The fraction of sp³-hybridized carbons (Fsp3) is 0.133. The second kappa shape index (κ2) is 4.46. The highest BCUT2D eigenvalue weighted by Crippen LogP contribution is 2.44. The van der Waals surface area contributed by atoms with Gasteiger partial charge in [-0.3, -0.25) is 0 Å². The number of rotatable bonds is 2. The van der Waals surface area contributed by atoms with Gasteiger partial charge in [0.25, 0.3) is 0 Å². The zero-order chi connectivity index (χ0) is 22.2. The Morgan fingerprint density at radius 1 is 1.22 bits per heavy atom. The van der Waals surface area contributed by atoms with Crippen molar-refractivity contribution in [2.24, 2.45) is 0 Å². The molecule has 0 bridgehead atoms. The lowest BCUT2D eigenvalue weighted by molar-refractivity contribution is 0.170. The summed E-state index contributed by atoms with van der Waals surface area (Å²) in [6.07, 6.45) is 0. The van der Waals surface area contributed by atoms with Gasteiger partial charge in [0.15, 0.2) is 0 Å². The lowest BCUT2D eigenvalue weighted by atomic mass is 9.98. The molecule has 0 saturated carbocycles. The average Bonchev–Trinajstić information content (AvgIpc) is 2.91. The summed E-state index contributed by atoms with van der Waals surface area (Å²) in [6, 6.07) is -6.17. The molecular formula is C15H11ClO2. The van der Waals surface area contributed by atoms with E-state index >= 15 is 0 Å². The first kappa shape index (κ1) is 4.39. The summed E-state index contributed by atoms with van der Waals surface area (Å²) >= 11 is 5.13. The maximum Gasteiger partial charge on any atom is 0.403 e. The Hall–Kier alpha value is -1.80. The van der Waals surface area contributed by atoms with Crippen molar-refractivity contribution in [2.75, 3.05) is 6.56 Å². The van der Waals surface area contributed by atoms with Crippen LogP contribution in [-0.2, 0) is 4.74 Å². The molecule has 18 heavy (non-hydrogen) atoms. The van der Waals surface area contributed by atoms with E-state index in [0.717, 1.165) is 0 Å². The van der Waals surface area contributed by atoms with Crippen LogP contribution in [0.2, 0.25) is 0 Å². The van der Waals surface area contributed by atoms with Gasteiger partial charge in [-0.2, -0.15) is 0 Å². The minimum Gasteiger partial charge on any atom is -0.453 e. The van der Waals surface area contributed by atoms with E-state index in [2.05, 4.69) is 4.74 Å². The van der Waals surface area contributed by atoms with Crippen LogP contribution in [0, 0.1) is 0 Å². The monoisotopic (exact) mass is 269 g/mol. The van der Waals surface area contributed by atoms with E-state index in [1.165, 1.54) is 0 Å². The minimum atomic E-state index is -3.34. The molecule has 3 rings (SSSR count). The molecule has 0 unspecified atom stereocenters. The molecule has 2 aromatic carbocycles. The number of fused-ring (bicyclic) bond motifs is 3. The Kier molecular flexibility index (Phi) is 1.09. The predicted octanol–water partition coefficient (Wildman–Crippen LogP) is 4.17. The van der Waals surface area contributed by atoms with Crippen LogP contribution >= 0.6 is 11.6 Å². The first-order valence-corrected chi connectivity index (χ1v) is 5.18. The highest BCUT2D eigenvalue weighted by atomic mass is 35.5. The molecule has 1 aliphatic carbocycles. The lowest BCUT2D eigenvalue weighted by Crippen LogP contribution is -2.07. The second-order valence-electron chi connectivity index (χ2n) is 3.32. The SMILES string of the molecule is [2H]c1c([2H])c([2H])c2c(c1[2H])-c1c([2H])c([2H])c([2H])c([2H])c1C2([2H])C([2H])([2H])OC(=O)Cl. The first-order valence-electron chi connectivity index (χ1n) is 10.3. The number of carbonyl (C=O) groups excluding carboxylic acids is 1. The Morgan fingerprint density at radius 3 is 2.22 bits per heavy atom. The Balaban J connectivity index is 2.65. The van der Waals surface area contributed by atoms with E-state index in [0.29, 0.717) is 0 Å². The van der Waals surface area contributed by atoms with Gasteiger partial charge in [-0.15, -0.1) is 0 Å². The second-order valence-corrected chi connectivity index (χ2v) is 3.63. The maximum atomic E-state index is 11.2. The molecule has 0 heterocycles. The Morgan fingerprint density at radius 2 is 1.72 bits per heavy atom. The average molecular weight is 270 g/mol. The van der Waals surface area contributed by atoms with E-state index in [4.69, 9.17) is 26.7 Å². The Labute approximate surface area is 126 Å². The third-order valence-corrected chi connectivity index (χ3v) is 2.44. The van der Waals surface area contributed by atoms with Crippen molar-refractivity contribution >= 4 is 17.0 Å². The largest absolute Gasteiger partial charge is 0.453 e. The van der Waals surface area contributed by atoms with Crippen LogP contribution in [0.25, 0.3) is 11.1 Å². The predicted molar refractivity (Wildman–Crippen MR) is 70.9 cm³/mol. The van der Waals surface area contributed by atoms with Gasteiger partial charge in [-0.05, 0) is 22.3 Å². The summed E-state index contributed by atoms with van der Waals surface area (Å²) in [5.41, 5.74) is -3.90. The van der Waals surface area contributed by atoms with Gasteiger partial charge in [0.05, 0.1) is 13.7 Å². The van der Waals surface area contributed by atoms with E-state index < -0.39 is 88.5 Å². The minimum absolute atomic E-state index is 0.456. The van der Waals surface area contributed by atoms with Crippen LogP contribution < -0.4 is 0 Å². The van der Waals surface area contributed by atoms with Gasteiger partial charge in [0.2, 0.25) is 0 Å². The smallest absolute Gasteiger partial charge is 0.403 e. The molecule has 0 saturated heterocycles. The summed E-state index contributed by atoms with van der Waals surface area (Å²) in [5.74, 6) is -2.95. The number of benzene rings is 2. The summed E-state index contributed by atoms with van der Waals surface area (Å²) in [7, 11) is 0. The lowest BCUT2D eigenvalue weighted by Gasteiger charge is -2.12. The standard InChI is InChI=1S/C15H11ClO2/c16-15(17)18-9-14-12-7-3-1-5-10(12)11-6-2-4-8-13(11)14/h1-8,14H,9H2/i1D,2D,3D,4D,5D,6D,7D,8D,9D2,14D. The molecule has 1 aliphatic rings. The van der Waals surface area contributed by atoms with Gasteiger partial charge < -0.3 is 4.74 Å². The molecule has 0 aliphatic heterocycles. The molecule has 90 valence electrons. The molecule has 3 heteroatoms. The van der Waals surface area contributed by atoms with Crippen molar-refractivity contribution in [3.8, 4) is 11.1 Å². The number of carbonyl (C=O) groups is 1. The van der Waals surface area contributed by atoms with Gasteiger partial charge in [0, 0.05) is 18.9 Å². The molecule has 0 aromatic heterocycles. The van der Waals surface area contributed by atoms with Crippen molar-refractivity contribution in [1.29, 1.82) is 0 Å². The molecular weight excluding hydrogens is 248 g/mol.